The van der Waals surface area contributed by atoms with Gasteiger partial charge >= 0.3 is 0 Å². The SMILES string of the molecule is Oc1ccc(-c2c(-c3ccccc3)c(O)c(O)n2CCCn2ccnc2)cc1. The monoisotopic (exact) mass is 375 g/mol. The van der Waals surface area contributed by atoms with Crippen LogP contribution in [0.4, 0.5) is 0 Å². The van der Waals surface area contributed by atoms with Crippen LogP contribution in [-0.2, 0) is 13.1 Å². The Morgan fingerprint density at radius 2 is 1.57 bits per heavy atom. The fourth-order valence-electron chi connectivity index (χ4n) is 3.44. The molecule has 142 valence electrons. The van der Waals surface area contributed by atoms with Crippen LogP contribution in [0, 0.1) is 0 Å². The van der Waals surface area contributed by atoms with Crippen molar-refractivity contribution in [1.29, 1.82) is 0 Å². The van der Waals surface area contributed by atoms with Gasteiger partial charge in [-0.15, -0.1) is 0 Å². The van der Waals surface area contributed by atoms with Gasteiger partial charge < -0.3 is 24.5 Å². The van der Waals surface area contributed by atoms with Crippen molar-refractivity contribution in [3.8, 4) is 39.8 Å². The van der Waals surface area contributed by atoms with E-state index in [1.807, 2.05) is 41.1 Å². The molecule has 28 heavy (non-hydrogen) atoms. The normalized spacial score (nSPS) is 11.0. The predicted octanol–water partition coefficient (Wildman–Crippen LogP) is 4.23. The number of aromatic hydroxyl groups is 3. The zero-order chi connectivity index (χ0) is 19.5. The largest absolute Gasteiger partial charge is 0.508 e. The molecule has 0 atom stereocenters. The van der Waals surface area contributed by atoms with E-state index in [9.17, 15) is 15.3 Å². The van der Waals surface area contributed by atoms with Gasteiger partial charge in [0.2, 0.25) is 5.88 Å². The lowest BCUT2D eigenvalue weighted by Crippen LogP contribution is -2.04. The van der Waals surface area contributed by atoms with Crippen molar-refractivity contribution < 1.29 is 15.3 Å². The summed E-state index contributed by atoms with van der Waals surface area (Å²) in [5.41, 5.74) is 2.90. The lowest BCUT2D eigenvalue weighted by Gasteiger charge is -2.13. The Morgan fingerprint density at radius 3 is 2.25 bits per heavy atom. The van der Waals surface area contributed by atoms with Crippen LogP contribution in [0.15, 0.2) is 73.3 Å². The molecule has 2 heterocycles. The van der Waals surface area contributed by atoms with Gasteiger partial charge in [0.05, 0.1) is 17.6 Å². The molecule has 0 aliphatic rings. The quantitative estimate of drug-likeness (QED) is 0.471. The number of nitrogens with zero attached hydrogens (tertiary/aromatic N) is 3. The minimum atomic E-state index is -0.160. The maximum absolute atomic E-state index is 10.7. The molecule has 0 radical (unpaired) electrons. The summed E-state index contributed by atoms with van der Waals surface area (Å²) in [4.78, 5) is 4.04. The average molecular weight is 375 g/mol. The van der Waals surface area contributed by atoms with Gasteiger partial charge in [0, 0.05) is 25.5 Å². The minimum Gasteiger partial charge on any atom is -0.508 e. The molecule has 0 saturated heterocycles. The van der Waals surface area contributed by atoms with Crippen molar-refractivity contribution in [1.82, 2.24) is 14.1 Å². The lowest BCUT2D eigenvalue weighted by atomic mass is 10.0. The van der Waals surface area contributed by atoms with Crippen molar-refractivity contribution in [3.05, 3.63) is 73.3 Å². The fourth-order valence-corrected chi connectivity index (χ4v) is 3.44. The maximum atomic E-state index is 10.7. The number of hydrogen-bond donors (Lipinski definition) is 3. The Kier molecular flexibility index (Phi) is 4.76. The number of hydrogen-bond acceptors (Lipinski definition) is 4. The molecule has 2 aromatic heterocycles. The Morgan fingerprint density at radius 1 is 0.821 bits per heavy atom. The Bertz CT molecular complexity index is 1050. The van der Waals surface area contributed by atoms with E-state index < -0.39 is 0 Å². The third-order valence-electron chi connectivity index (χ3n) is 4.77. The van der Waals surface area contributed by atoms with E-state index in [-0.39, 0.29) is 17.4 Å². The molecule has 6 heteroatoms. The van der Waals surface area contributed by atoms with Crippen molar-refractivity contribution >= 4 is 0 Å². The summed E-state index contributed by atoms with van der Waals surface area (Å²) in [6.45, 7) is 1.26. The Balaban J connectivity index is 1.79. The zero-order valence-corrected chi connectivity index (χ0v) is 15.2. The second kappa shape index (κ2) is 7.52. The molecule has 0 fully saturated rings. The van der Waals surface area contributed by atoms with Gasteiger partial charge in [0.25, 0.3) is 0 Å². The number of benzene rings is 2. The third kappa shape index (κ3) is 3.32. The van der Waals surface area contributed by atoms with Crippen molar-refractivity contribution in [2.24, 2.45) is 0 Å². The first-order valence-electron chi connectivity index (χ1n) is 9.10. The van der Waals surface area contributed by atoms with Crippen molar-refractivity contribution in [2.45, 2.75) is 19.5 Å². The molecule has 0 unspecified atom stereocenters. The van der Waals surface area contributed by atoms with Crippen LogP contribution in [-0.4, -0.2) is 29.4 Å². The van der Waals surface area contributed by atoms with Gasteiger partial charge in [0.15, 0.2) is 5.75 Å². The molecule has 2 aromatic carbocycles. The lowest BCUT2D eigenvalue weighted by molar-refractivity contribution is 0.369. The van der Waals surface area contributed by atoms with Gasteiger partial charge in [-0.25, -0.2) is 4.98 Å². The van der Waals surface area contributed by atoms with Crippen LogP contribution >= 0.6 is 0 Å². The van der Waals surface area contributed by atoms with Gasteiger partial charge in [0.1, 0.15) is 5.75 Å². The smallest absolute Gasteiger partial charge is 0.235 e. The van der Waals surface area contributed by atoms with Crippen LogP contribution in [0.25, 0.3) is 22.4 Å². The Labute approximate surface area is 162 Å². The molecular weight excluding hydrogens is 354 g/mol. The predicted molar refractivity (Wildman–Crippen MR) is 107 cm³/mol. The summed E-state index contributed by atoms with van der Waals surface area (Å²) >= 11 is 0. The van der Waals surface area contributed by atoms with Crippen LogP contribution < -0.4 is 0 Å². The summed E-state index contributed by atoms with van der Waals surface area (Å²) in [6, 6.07) is 16.2. The topological polar surface area (TPSA) is 83.4 Å². The maximum Gasteiger partial charge on any atom is 0.235 e. The van der Waals surface area contributed by atoms with E-state index in [0.717, 1.165) is 24.1 Å². The molecule has 0 saturated carbocycles. The van der Waals surface area contributed by atoms with Crippen LogP contribution in [0.2, 0.25) is 0 Å². The standard InChI is InChI=1S/C22H21N3O3/c26-18-9-7-17(8-10-18)20-19(16-5-2-1-3-6-16)21(27)22(28)25(20)13-4-12-24-14-11-23-15-24/h1-3,5-11,14-15,26-28H,4,12-13H2. The molecule has 0 aliphatic heterocycles. The summed E-state index contributed by atoms with van der Waals surface area (Å²) in [7, 11) is 0. The number of rotatable bonds is 6. The molecule has 4 aromatic rings. The van der Waals surface area contributed by atoms with Crippen LogP contribution in [0.5, 0.6) is 17.4 Å². The number of phenolic OH excluding ortho intramolecular Hbond substituents is 1. The fraction of sp³-hybridized carbons (Fsp3) is 0.136. The molecule has 6 nitrogen and oxygen atoms in total. The van der Waals surface area contributed by atoms with Crippen LogP contribution in [0.1, 0.15) is 6.42 Å². The highest BCUT2D eigenvalue weighted by Gasteiger charge is 2.24. The van der Waals surface area contributed by atoms with Gasteiger partial charge in [-0.3, -0.25) is 0 Å². The summed E-state index contributed by atoms with van der Waals surface area (Å²) in [6.07, 6.45) is 6.12. The first kappa shape index (κ1) is 17.7. The van der Waals surface area contributed by atoms with E-state index in [1.54, 1.807) is 41.4 Å². The highest BCUT2D eigenvalue weighted by Crippen LogP contribution is 2.47. The van der Waals surface area contributed by atoms with Gasteiger partial charge in [-0.05, 0) is 41.8 Å². The van der Waals surface area contributed by atoms with E-state index in [4.69, 9.17) is 0 Å². The molecular formula is C22H21N3O3. The summed E-state index contributed by atoms with van der Waals surface area (Å²) < 4.78 is 3.69. The van der Waals surface area contributed by atoms with E-state index >= 15 is 0 Å². The molecule has 0 amide bonds. The van der Waals surface area contributed by atoms with Crippen molar-refractivity contribution in [2.75, 3.05) is 0 Å². The molecule has 4 rings (SSSR count). The van der Waals surface area contributed by atoms with E-state index in [1.165, 1.54) is 0 Å². The Hall–Kier alpha value is -3.67. The number of aryl methyl sites for hydroxylation is 1. The second-order valence-corrected chi connectivity index (χ2v) is 6.61. The van der Waals surface area contributed by atoms with Gasteiger partial charge in [-0.2, -0.15) is 0 Å². The second-order valence-electron chi connectivity index (χ2n) is 6.61. The number of phenols is 1. The number of imidazole rings is 1. The highest BCUT2D eigenvalue weighted by molar-refractivity contribution is 5.88. The first-order chi connectivity index (χ1) is 13.6. The summed E-state index contributed by atoms with van der Waals surface area (Å²) in [5.74, 6) is -0.138. The van der Waals surface area contributed by atoms with Gasteiger partial charge in [-0.1, -0.05) is 30.3 Å². The van der Waals surface area contributed by atoms with Crippen LogP contribution in [0.3, 0.4) is 0 Å². The molecule has 0 bridgehead atoms. The summed E-state index contributed by atoms with van der Waals surface area (Å²) in [5, 5.41) is 31.0. The minimum absolute atomic E-state index is 0.142. The molecule has 3 N–H and O–H groups in total. The molecule has 0 aliphatic carbocycles. The third-order valence-corrected chi connectivity index (χ3v) is 4.77. The zero-order valence-electron chi connectivity index (χ0n) is 15.2. The average Bonchev–Trinajstić information content (AvgIpc) is 3.32. The van der Waals surface area contributed by atoms with E-state index in [0.29, 0.717) is 17.8 Å². The number of aromatic nitrogens is 3. The highest BCUT2D eigenvalue weighted by atomic mass is 16.3. The molecule has 0 spiro atoms. The van der Waals surface area contributed by atoms with E-state index in [2.05, 4.69) is 4.98 Å². The first-order valence-corrected chi connectivity index (χ1v) is 9.10. The van der Waals surface area contributed by atoms with Crippen molar-refractivity contribution in [3.63, 3.8) is 0 Å².